The molecule has 10 nitrogen and oxygen atoms in total. The summed E-state index contributed by atoms with van der Waals surface area (Å²) in [7, 11) is 1.57. The molecule has 0 amide bonds. The number of piperazine rings is 1. The van der Waals surface area contributed by atoms with Gasteiger partial charge in [0, 0.05) is 52.4 Å². The number of nitrogens with one attached hydrogen (secondary N) is 1. The Balaban J connectivity index is 2.24. The number of allylic oxidation sites excluding steroid dienone is 3. The van der Waals surface area contributed by atoms with Crippen LogP contribution in [-0.2, 0) is 24.9 Å². The summed E-state index contributed by atoms with van der Waals surface area (Å²) in [6.45, 7) is 7.43. The number of hydrogen-bond acceptors (Lipinski definition) is 6. The number of aromatic nitrogens is 4. The fraction of sp³-hybridized carbons (Fsp3) is 0.474. The van der Waals surface area contributed by atoms with E-state index in [-0.39, 0.29) is 6.54 Å². The van der Waals surface area contributed by atoms with Gasteiger partial charge in [0.1, 0.15) is 0 Å². The van der Waals surface area contributed by atoms with E-state index in [9.17, 15) is 14.4 Å². The van der Waals surface area contributed by atoms with Gasteiger partial charge >= 0.3 is 11.7 Å². The summed E-state index contributed by atoms with van der Waals surface area (Å²) in [6.07, 6.45) is 4.21. The fourth-order valence-corrected chi connectivity index (χ4v) is 3.33. The van der Waals surface area contributed by atoms with Crippen LogP contribution in [0.15, 0.2) is 33.4 Å². The van der Waals surface area contributed by atoms with E-state index in [1.54, 1.807) is 7.05 Å². The highest BCUT2D eigenvalue weighted by molar-refractivity contribution is 5.79. The van der Waals surface area contributed by atoms with Gasteiger partial charge in [0.15, 0.2) is 11.2 Å². The SMILES string of the molecule is CC(C)=CCn1c(N2CCNCC2)nc2c1c(=O)n(CC=CC(=O)O)c(=O)n2C. The van der Waals surface area contributed by atoms with Gasteiger partial charge in [0.05, 0.1) is 0 Å². The number of rotatable bonds is 6. The molecule has 1 aliphatic heterocycles. The molecule has 0 bridgehead atoms. The van der Waals surface area contributed by atoms with Gasteiger partial charge in [-0.3, -0.25) is 13.9 Å². The molecule has 0 aromatic carbocycles. The lowest BCUT2D eigenvalue weighted by Crippen LogP contribution is -2.44. The van der Waals surface area contributed by atoms with E-state index >= 15 is 0 Å². The molecule has 0 aliphatic carbocycles. The predicted octanol–water partition coefficient (Wildman–Crippen LogP) is -0.0867. The highest BCUT2D eigenvalue weighted by Crippen LogP contribution is 2.20. The molecule has 1 aliphatic rings. The van der Waals surface area contributed by atoms with E-state index in [1.165, 1.54) is 10.6 Å². The third-order valence-electron chi connectivity index (χ3n) is 4.84. The van der Waals surface area contributed by atoms with Crippen molar-refractivity contribution >= 4 is 23.1 Å². The van der Waals surface area contributed by atoms with Crippen molar-refractivity contribution in [2.45, 2.75) is 26.9 Å². The minimum Gasteiger partial charge on any atom is -0.478 e. The van der Waals surface area contributed by atoms with Crippen LogP contribution in [0.2, 0.25) is 0 Å². The molecule has 0 saturated carbocycles. The standard InChI is InChI=1S/C19H26N6O4/c1-13(2)6-10-24-15-16(21-18(24)23-11-7-20-8-12-23)22(3)19(29)25(17(15)28)9-4-5-14(26)27/h4-6,20H,7-12H2,1-3H3,(H,26,27). The van der Waals surface area contributed by atoms with Gasteiger partial charge in [-0.05, 0) is 13.8 Å². The van der Waals surface area contributed by atoms with Crippen molar-refractivity contribution in [1.82, 2.24) is 24.0 Å². The fourth-order valence-electron chi connectivity index (χ4n) is 3.33. The van der Waals surface area contributed by atoms with Crippen molar-refractivity contribution in [2.24, 2.45) is 7.05 Å². The molecule has 2 N–H and O–H groups in total. The maximum Gasteiger partial charge on any atom is 0.332 e. The van der Waals surface area contributed by atoms with Crippen LogP contribution >= 0.6 is 0 Å². The Labute approximate surface area is 167 Å². The summed E-state index contributed by atoms with van der Waals surface area (Å²) in [5, 5.41) is 12.1. The van der Waals surface area contributed by atoms with Crippen LogP contribution in [0.1, 0.15) is 13.8 Å². The van der Waals surface area contributed by atoms with E-state index in [1.807, 2.05) is 24.5 Å². The Morgan fingerprint density at radius 2 is 1.86 bits per heavy atom. The quantitative estimate of drug-likeness (QED) is 0.513. The molecule has 156 valence electrons. The molecule has 0 unspecified atom stereocenters. The Kier molecular flexibility index (Phi) is 6.02. The Morgan fingerprint density at radius 1 is 1.17 bits per heavy atom. The zero-order chi connectivity index (χ0) is 21.1. The number of carbonyl (C=O) groups is 1. The van der Waals surface area contributed by atoms with E-state index in [2.05, 4.69) is 15.2 Å². The maximum atomic E-state index is 13.2. The van der Waals surface area contributed by atoms with Gasteiger partial charge in [-0.15, -0.1) is 0 Å². The van der Waals surface area contributed by atoms with Gasteiger partial charge in [-0.25, -0.2) is 9.59 Å². The molecule has 3 heterocycles. The normalized spacial score (nSPS) is 14.7. The first-order chi connectivity index (χ1) is 13.8. The van der Waals surface area contributed by atoms with E-state index in [0.29, 0.717) is 23.7 Å². The summed E-state index contributed by atoms with van der Waals surface area (Å²) >= 11 is 0. The van der Waals surface area contributed by atoms with Crippen LogP contribution in [0.5, 0.6) is 0 Å². The number of aliphatic carboxylic acids is 1. The number of carboxylic acids is 1. The first-order valence-electron chi connectivity index (χ1n) is 9.49. The van der Waals surface area contributed by atoms with Crippen molar-refractivity contribution in [1.29, 1.82) is 0 Å². The van der Waals surface area contributed by atoms with E-state index in [4.69, 9.17) is 5.11 Å². The predicted molar refractivity (Wildman–Crippen MR) is 111 cm³/mol. The van der Waals surface area contributed by atoms with Gasteiger partial charge in [0.25, 0.3) is 5.56 Å². The average Bonchev–Trinajstić information content (AvgIpc) is 3.07. The molecule has 2 aromatic rings. The largest absolute Gasteiger partial charge is 0.478 e. The number of hydrogen-bond donors (Lipinski definition) is 2. The zero-order valence-electron chi connectivity index (χ0n) is 16.9. The molecule has 0 atom stereocenters. The van der Waals surface area contributed by atoms with Crippen LogP contribution in [-0.4, -0.2) is 55.9 Å². The van der Waals surface area contributed by atoms with Gasteiger partial charge in [-0.2, -0.15) is 4.98 Å². The highest BCUT2D eigenvalue weighted by atomic mass is 16.4. The summed E-state index contributed by atoms with van der Waals surface area (Å²) < 4.78 is 4.22. The minimum atomic E-state index is -1.13. The summed E-state index contributed by atoms with van der Waals surface area (Å²) in [6, 6.07) is 0. The Morgan fingerprint density at radius 3 is 2.48 bits per heavy atom. The van der Waals surface area contributed by atoms with Crippen LogP contribution in [0.3, 0.4) is 0 Å². The number of nitrogens with zero attached hydrogens (tertiary/aromatic N) is 5. The number of anilines is 1. The summed E-state index contributed by atoms with van der Waals surface area (Å²) in [5.41, 5.74) is 0.758. The van der Waals surface area contributed by atoms with Gasteiger partial charge < -0.3 is 19.9 Å². The molecule has 2 aromatic heterocycles. The molecule has 0 spiro atoms. The van der Waals surface area contributed by atoms with Crippen LogP contribution in [0.4, 0.5) is 5.95 Å². The molecular weight excluding hydrogens is 376 g/mol. The molecule has 10 heteroatoms. The third-order valence-corrected chi connectivity index (χ3v) is 4.84. The number of imidazole rings is 1. The smallest absolute Gasteiger partial charge is 0.332 e. The molecule has 1 fully saturated rings. The second-order valence-corrected chi connectivity index (χ2v) is 7.21. The second kappa shape index (κ2) is 8.48. The molecule has 1 saturated heterocycles. The lowest BCUT2D eigenvalue weighted by atomic mass is 10.3. The third kappa shape index (κ3) is 4.16. The van der Waals surface area contributed by atoms with Crippen molar-refractivity contribution in [3.8, 4) is 0 Å². The molecule has 3 rings (SSSR count). The van der Waals surface area contributed by atoms with Crippen molar-refractivity contribution in [3.63, 3.8) is 0 Å². The van der Waals surface area contributed by atoms with Crippen molar-refractivity contribution in [2.75, 3.05) is 31.1 Å². The van der Waals surface area contributed by atoms with Crippen LogP contribution in [0.25, 0.3) is 11.2 Å². The number of fused-ring (bicyclic) bond motifs is 1. The van der Waals surface area contributed by atoms with Gasteiger partial charge in [0.2, 0.25) is 5.95 Å². The Hall–Kier alpha value is -3.14. The number of carboxylic acid groups (broad SMARTS) is 1. The first-order valence-corrected chi connectivity index (χ1v) is 9.49. The lowest BCUT2D eigenvalue weighted by molar-refractivity contribution is -0.131. The van der Waals surface area contributed by atoms with E-state index in [0.717, 1.165) is 42.4 Å². The maximum absolute atomic E-state index is 13.2. The molecule has 0 radical (unpaired) electrons. The molecular formula is C19H26N6O4. The first kappa shape index (κ1) is 20.6. The molecule has 29 heavy (non-hydrogen) atoms. The number of aryl methyl sites for hydroxylation is 1. The average molecular weight is 402 g/mol. The van der Waals surface area contributed by atoms with Crippen LogP contribution < -0.4 is 21.5 Å². The highest BCUT2D eigenvalue weighted by Gasteiger charge is 2.23. The zero-order valence-corrected chi connectivity index (χ0v) is 16.9. The summed E-state index contributed by atoms with van der Waals surface area (Å²) in [4.78, 5) is 43.4. The van der Waals surface area contributed by atoms with Crippen molar-refractivity contribution < 1.29 is 9.90 Å². The topological polar surface area (TPSA) is 114 Å². The minimum absolute atomic E-state index is 0.120. The monoisotopic (exact) mass is 402 g/mol. The van der Waals surface area contributed by atoms with Gasteiger partial charge in [-0.1, -0.05) is 17.7 Å². The Bertz CT molecular complexity index is 1090. The summed E-state index contributed by atoms with van der Waals surface area (Å²) in [5.74, 6) is -0.476. The van der Waals surface area contributed by atoms with E-state index < -0.39 is 17.2 Å². The van der Waals surface area contributed by atoms with Crippen molar-refractivity contribution in [3.05, 3.63) is 44.6 Å². The lowest BCUT2D eigenvalue weighted by Gasteiger charge is -2.28. The van der Waals surface area contributed by atoms with Crippen LogP contribution in [0, 0.1) is 0 Å². The second-order valence-electron chi connectivity index (χ2n) is 7.21.